The molecule has 0 aromatic carbocycles. The number of nitrogens with zero attached hydrogens (tertiary/aromatic N) is 4. The Bertz CT molecular complexity index is 467. The van der Waals surface area contributed by atoms with E-state index in [4.69, 9.17) is 5.11 Å². The van der Waals surface area contributed by atoms with Crippen LogP contribution >= 0.6 is 0 Å². The number of hydrogen-bond donors (Lipinski definition) is 2. The average molecular weight is 279 g/mol. The Kier molecular flexibility index (Phi) is 3.98. The van der Waals surface area contributed by atoms with Crippen molar-refractivity contribution < 1.29 is 9.90 Å². The second kappa shape index (κ2) is 5.88. The maximum Gasteiger partial charge on any atom is 0.276 e. The number of hydrogen-bond acceptors (Lipinski definition) is 5. The fourth-order valence-corrected chi connectivity index (χ4v) is 2.55. The maximum atomic E-state index is 12.5. The van der Waals surface area contributed by atoms with Crippen molar-refractivity contribution in [1.82, 2.24) is 25.2 Å². The summed E-state index contributed by atoms with van der Waals surface area (Å²) in [7, 11) is 0. The van der Waals surface area contributed by atoms with Gasteiger partial charge in [-0.1, -0.05) is 5.21 Å². The first kappa shape index (κ1) is 13.5. The van der Waals surface area contributed by atoms with E-state index in [1.165, 1.54) is 6.42 Å². The van der Waals surface area contributed by atoms with Gasteiger partial charge in [-0.3, -0.25) is 4.79 Å². The summed E-state index contributed by atoms with van der Waals surface area (Å²) in [6, 6.07) is 0.628. The van der Waals surface area contributed by atoms with Gasteiger partial charge in [0.25, 0.3) is 5.91 Å². The zero-order valence-electron chi connectivity index (χ0n) is 11.5. The van der Waals surface area contributed by atoms with Crippen LogP contribution in [0.3, 0.4) is 0 Å². The molecule has 0 radical (unpaired) electrons. The van der Waals surface area contributed by atoms with Gasteiger partial charge in [-0.15, -0.1) is 5.10 Å². The van der Waals surface area contributed by atoms with Crippen LogP contribution in [0, 0.1) is 0 Å². The van der Waals surface area contributed by atoms with Gasteiger partial charge in [0, 0.05) is 32.3 Å². The highest BCUT2D eigenvalue weighted by Crippen LogP contribution is 2.26. The molecule has 2 fully saturated rings. The quantitative estimate of drug-likeness (QED) is 0.753. The topological polar surface area (TPSA) is 83.3 Å². The van der Waals surface area contributed by atoms with Gasteiger partial charge < -0.3 is 15.3 Å². The average Bonchev–Trinajstić information content (AvgIpc) is 2.78. The molecule has 1 aliphatic heterocycles. The minimum absolute atomic E-state index is 0.0540. The molecular weight excluding hydrogens is 258 g/mol. The summed E-state index contributed by atoms with van der Waals surface area (Å²) in [5.41, 5.74) is 0.418. The molecule has 2 N–H and O–H groups in total. The van der Waals surface area contributed by atoms with Crippen molar-refractivity contribution in [3.8, 4) is 0 Å². The second-order valence-electron chi connectivity index (χ2n) is 5.56. The predicted octanol–water partition coefficient (Wildman–Crippen LogP) is -0.200. The molecule has 1 amide bonds. The molecular formula is C13H21N5O2. The van der Waals surface area contributed by atoms with E-state index in [2.05, 4.69) is 15.6 Å². The Morgan fingerprint density at radius 1 is 1.50 bits per heavy atom. The van der Waals surface area contributed by atoms with Gasteiger partial charge in [-0.2, -0.15) is 0 Å². The number of nitrogens with one attached hydrogen (secondary N) is 1. The van der Waals surface area contributed by atoms with Crippen LogP contribution in [0.2, 0.25) is 0 Å². The van der Waals surface area contributed by atoms with Gasteiger partial charge in [-0.05, 0) is 25.7 Å². The first-order valence-electron chi connectivity index (χ1n) is 7.34. The summed E-state index contributed by atoms with van der Waals surface area (Å²) in [5, 5.41) is 20.2. The summed E-state index contributed by atoms with van der Waals surface area (Å²) < 4.78 is 1.77. The van der Waals surface area contributed by atoms with E-state index in [0.717, 1.165) is 25.9 Å². The lowest BCUT2D eigenvalue weighted by Gasteiger charge is -2.37. The molecule has 1 aromatic rings. The van der Waals surface area contributed by atoms with Crippen molar-refractivity contribution >= 4 is 5.91 Å². The minimum Gasteiger partial charge on any atom is -0.396 e. The molecule has 1 saturated heterocycles. The van der Waals surface area contributed by atoms with Crippen LogP contribution in [-0.4, -0.2) is 63.2 Å². The van der Waals surface area contributed by atoms with Gasteiger partial charge >= 0.3 is 0 Å². The van der Waals surface area contributed by atoms with Crippen LogP contribution in [0.15, 0.2) is 6.20 Å². The molecule has 2 aliphatic rings. The molecule has 1 aliphatic carbocycles. The minimum atomic E-state index is -0.0540. The summed E-state index contributed by atoms with van der Waals surface area (Å²) in [4.78, 5) is 14.4. The first-order valence-corrected chi connectivity index (χ1v) is 7.34. The molecule has 0 atom stereocenters. The van der Waals surface area contributed by atoms with E-state index in [9.17, 15) is 4.79 Å². The van der Waals surface area contributed by atoms with Gasteiger partial charge in [-0.25, -0.2) is 4.68 Å². The fourth-order valence-electron chi connectivity index (χ4n) is 2.55. The number of aromatic nitrogens is 3. The van der Waals surface area contributed by atoms with E-state index in [1.807, 2.05) is 4.90 Å². The number of amides is 1. The van der Waals surface area contributed by atoms with E-state index < -0.39 is 0 Å². The predicted molar refractivity (Wildman–Crippen MR) is 72.3 cm³/mol. The van der Waals surface area contributed by atoms with Gasteiger partial charge in [0.05, 0.1) is 12.2 Å². The number of rotatable bonds is 6. The smallest absolute Gasteiger partial charge is 0.276 e. The highest BCUT2D eigenvalue weighted by Gasteiger charge is 2.31. The lowest BCUT2D eigenvalue weighted by Crippen LogP contribution is -2.45. The highest BCUT2D eigenvalue weighted by atomic mass is 16.3. The van der Waals surface area contributed by atoms with Crippen LogP contribution in [-0.2, 0) is 0 Å². The number of carbonyl (C=O) groups excluding carboxylic acids is 1. The SMILES string of the molecule is O=C(c1cn(C2CNC2)nn1)N(CCCO)C1CCC1. The van der Waals surface area contributed by atoms with Crippen LogP contribution in [0.1, 0.15) is 42.2 Å². The van der Waals surface area contributed by atoms with Gasteiger partial charge in [0.15, 0.2) is 5.69 Å². The fraction of sp³-hybridized carbons (Fsp3) is 0.769. The number of aliphatic hydroxyl groups excluding tert-OH is 1. The molecule has 7 heteroatoms. The van der Waals surface area contributed by atoms with Crippen LogP contribution in [0.5, 0.6) is 0 Å². The van der Waals surface area contributed by atoms with Gasteiger partial charge in [0.1, 0.15) is 0 Å². The molecule has 20 heavy (non-hydrogen) atoms. The molecule has 0 bridgehead atoms. The normalized spacial score (nSPS) is 19.4. The standard InChI is InChI=1S/C13H21N5O2/c19-6-2-5-17(10-3-1-4-10)13(20)12-9-18(16-15-12)11-7-14-8-11/h9-11,14,19H,1-8H2. The Hall–Kier alpha value is -1.47. The number of carbonyl (C=O) groups is 1. The van der Waals surface area contributed by atoms with Gasteiger partial charge in [0.2, 0.25) is 0 Å². The molecule has 0 spiro atoms. The van der Waals surface area contributed by atoms with Crippen molar-refractivity contribution in [2.75, 3.05) is 26.2 Å². The lowest BCUT2D eigenvalue weighted by atomic mass is 9.91. The van der Waals surface area contributed by atoms with Crippen LogP contribution < -0.4 is 5.32 Å². The zero-order valence-corrected chi connectivity index (χ0v) is 11.5. The highest BCUT2D eigenvalue weighted by molar-refractivity contribution is 5.92. The van der Waals surface area contributed by atoms with Crippen molar-refractivity contribution in [2.24, 2.45) is 0 Å². The van der Waals surface area contributed by atoms with E-state index in [0.29, 0.717) is 30.7 Å². The van der Waals surface area contributed by atoms with Crippen molar-refractivity contribution in [2.45, 2.75) is 37.8 Å². The largest absolute Gasteiger partial charge is 0.396 e. The molecule has 0 unspecified atom stereocenters. The zero-order chi connectivity index (χ0) is 13.9. The van der Waals surface area contributed by atoms with E-state index in [1.54, 1.807) is 10.9 Å². The number of aliphatic hydroxyl groups is 1. The van der Waals surface area contributed by atoms with Crippen LogP contribution in [0.25, 0.3) is 0 Å². The third-order valence-electron chi connectivity index (χ3n) is 4.20. The van der Waals surface area contributed by atoms with E-state index in [-0.39, 0.29) is 12.5 Å². The molecule has 110 valence electrons. The van der Waals surface area contributed by atoms with E-state index >= 15 is 0 Å². The molecule has 2 heterocycles. The summed E-state index contributed by atoms with van der Waals surface area (Å²) in [6.07, 6.45) is 5.64. The molecule has 7 nitrogen and oxygen atoms in total. The Morgan fingerprint density at radius 3 is 2.85 bits per heavy atom. The third-order valence-corrected chi connectivity index (χ3v) is 4.20. The molecule has 3 rings (SSSR count). The monoisotopic (exact) mass is 279 g/mol. The third kappa shape index (κ3) is 2.55. The Labute approximate surface area is 117 Å². The Morgan fingerprint density at radius 2 is 2.30 bits per heavy atom. The summed E-state index contributed by atoms with van der Waals surface area (Å²) in [6.45, 7) is 2.47. The van der Waals surface area contributed by atoms with Crippen molar-refractivity contribution in [3.05, 3.63) is 11.9 Å². The summed E-state index contributed by atoms with van der Waals surface area (Å²) >= 11 is 0. The van der Waals surface area contributed by atoms with Crippen LogP contribution in [0.4, 0.5) is 0 Å². The first-order chi connectivity index (χ1) is 9.79. The van der Waals surface area contributed by atoms with Crippen molar-refractivity contribution in [1.29, 1.82) is 0 Å². The molecule has 1 aromatic heterocycles. The summed E-state index contributed by atoms with van der Waals surface area (Å²) in [5.74, 6) is -0.0540. The Balaban J connectivity index is 1.68. The second-order valence-corrected chi connectivity index (χ2v) is 5.56. The van der Waals surface area contributed by atoms with Crippen molar-refractivity contribution in [3.63, 3.8) is 0 Å². The lowest BCUT2D eigenvalue weighted by molar-refractivity contribution is 0.0556. The molecule has 1 saturated carbocycles. The maximum absolute atomic E-state index is 12.5.